The van der Waals surface area contributed by atoms with Crippen molar-refractivity contribution in [1.82, 2.24) is 19.4 Å². The fourth-order valence-corrected chi connectivity index (χ4v) is 6.23. The van der Waals surface area contributed by atoms with Crippen molar-refractivity contribution in [2.75, 3.05) is 30.7 Å². The third-order valence-electron chi connectivity index (χ3n) is 5.97. The van der Waals surface area contributed by atoms with Crippen LogP contribution in [0.25, 0.3) is 22.2 Å². The van der Waals surface area contributed by atoms with Crippen LogP contribution in [0.5, 0.6) is 0 Å². The van der Waals surface area contributed by atoms with Crippen LogP contribution >= 0.6 is 39.0 Å². The highest BCUT2D eigenvalue weighted by Gasteiger charge is 2.15. The van der Waals surface area contributed by atoms with Crippen LogP contribution < -0.4 is 10.9 Å². The molecule has 0 atom stereocenters. The smallest absolute Gasteiger partial charge is 0.262 e. The van der Waals surface area contributed by atoms with Crippen LogP contribution in [0.1, 0.15) is 47.0 Å². The molecular weight excluding hydrogens is 606 g/mol. The summed E-state index contributed by atoms with van der Waals surface area (Å²) in [4.78, 5) is 37.9. The summed E-state index contributed by atoms with van der Waals surface area (Å²) >= 11 is 6.15. The monoisotopic (exact) mass is 643 g/mol. The number of carbonyl (C=O) groups is 1. The molecule has 0 spiro atoms. The quantitative estimate of drug-likeness (QED) is 0.120. The van der Waals surface area contributed by atoms with E-state index in [0.29, 0.717) is 27.7 Å². The first-order valence-corrected chi connectivity index (χ1v) is 16.5. The van der Waals surface area contributed by atoms with E-state index in [-0.39, 0.29) is 17.2 Å². The fourth-order valence-electron chi connectivity index (χ4n) is 4.27. The Hall–Kier alpha value is -2.53. The minimum atomic E-state index is -0.184. The predicted molar refractivity (Wildman–Crippen MR) is 174 cm³/mol. The number of rotatable bonds is 13. The van der Waals surface area contributed by atoms with Crippen molar-refractivity contribution in [3.8, 4) is 11.3 Å². The van der Waals surface area contributed by atoms with Crippen LogP contribution in [0.4, 0.5) is 5.13 Å². The first-order valence-electron chi connectivity index (χ1n) is 13.8. The van der Waals surface area contributed by atoms with E-state index in [4.69, 9.17) is 4.98 Å². The van der Waals surface area contributed by atoms with Gasteiger partial charge in [-0.05, 0) is 63.2 Å². The van der Waals surface area contributed by atoms with E-state index in [2.05, 4.69) is 45.0 Å². The molecule has 0 aliphatic carbocycles. The number of thioether (sulfide) groups is 1. The van der Waals surface area contributed by atoms with Gasteiger partial charge in [-0.15, -0.1) is 11.3 Å². The van der Waals surface area contributed by atoms with Crippen molar-refractivity contribution in [2.24, 2.45) is 0 Å². The van der Waals surface area contributed by atoms with E-state index < -0.39 is 0 Å². The lowest BCUT2D eigenvalue weighted by Crippen LogP contribution is -2.29. The molecule has 1 N–H and O–H groups in total. The third-order valence-corrected chi connectivity index (χ3v) is 8.19. The normalized spacial score (nSPS) is 10.9. The summed E-state index contributed by atoms with van der Waals surface area (Å²) < 4.78 is 2.70. The van der Waals surface area contributed by atoms with Crippen LogP contribution in [0.3, 0.4) is 0 Å². The zero-order chi connectivity index (χ0) is 28.9. The molecule has 0 aliphatic heterocycles. The lowest BCUT2D eigenvalue weighted by atomic mass is 10.2. The van der Waals surface area contributed by atoms with E-state index in [9.17, 15) is 9.59 Å². The van der Waals surface area contributed by atoms with Gasteiger partial charge in [0.1, 0.15) is 0 Å². The highest BCUT2D eigenvalue weighted by Crippen LogP contribution is 2.27. The maximum absolute atomic E-state index is 13.4. The van der Waals surface area contributed by atoms with Crippen molar-refractivity contribution >= 4 is 61.0 Å². The topological polar surface area (TPSA) is 80.1 Å². The SMILES string of the molecule is CC.CCCN(CCC)CCCn1c(SCC(=O)Nc2nc(-c3cccc(Br)c3)cs2)nc2ccccc2c1=O. The minimum Gasteiger partial charge on any atom is -0.303 e. The van der Waals surface area contributed by atoms with Gasteiger partial charge in [0.05, 0.1) is 22.3 Å². The molecule has 2 aromatic heterocycles. The van der Waals surface area contributed by atoms with Gasteiger partial charge in [-0.3, -0.25) is 14.2 Å². The van der Waals surface area contributed by atoms with Crippen molar-refractivity contribution < 1.29 is 4.79 Å². The molecule has 1 amide bonds. The first kappa shape index (κ1) is 32.0. The summed E-state index contributed by atoms with van der Waals surface area (Å²) in [6.45, 7) is 12.0. The molecule has 4 rings (SSSR count). The van der Waals surface area contributed by atoms with Crippen molar-refractivity contribution in [3.63, 3.8) is 0 Å². The molecule has 10 heteroatoms. The van der Waals surface area contributed by atoms with Crippen LogP contribution in [-0.2, 0) is 11.3 Å². The summed E-state index contributed by atoms with van der Waals surface area (Å²) in [7, 11) is 0. The average Bonchev–Trinajstić information content (AvgIpc) is 3.43. The number of thiazole rings is 1. The minimum absolute atomic E-state index is 0.0605. The summed E-state index contributed by atoms with van der Waals surface area (Å²) in [6, 6.07) is 15.3. The van der Waals surface area contributed by atoms with E-state index >= 15 is 0 Å². The van der Waals surface area contributed by atoms with Gasteiger partial charge in [0.15, 0.2) is 10.3 Å². The first-order chi connectivity index (χ1) is 19.5. The van der Waals surface area contributed by atoms with Gasteiger partial charge in [0.2, 0.25) is 5.91 Å². The zero-order valence-corrected chi connectivity index (χ0v) is 26.9. The van der Waals surface area contributed by atoms with E-state index in [1.54, 1.807) is 4.57 Å². The van der Waals surface area contributed by atoms with E-state index in [1.807, 2.05) is 67.8 Å². The van der Waals surface area contributed by atoms with Gasteiger partial charge in [-0.2, -0.15) is 0 Å². The molecular formula is C30H38BrN5O2S2. The van der Waals surface area contributed by atoms with Gasteiger partial charge in [-0.25, -0.2) is 9.97 Å². The highest BCUT2D eigenvalue weighted by atomic mass is 79.9. The Morgan fingerprint density at radius 3 is 2.52 bits per heavy atom. The predicted octanol–water partition coefficient (Wildman–Crippen LogP) is 7.55. The summed E-state index contributed by atoms with van der Waals surface area (Å²) in [5.74, 6) is -0.0508. The number of nitrogens with one attached hydrogen (secondary N) is 1. The number of amides is 1. The second-order valence-corrected chi connectivity index (χ2v) is 11.7. The number of hydrogen-bond donors (Lipinski definition) is 1. The molecule has 0 aliphatic rings. The lowest BCUT2D eigenvalue weighted by molar-refractivity contribution is -0.113. The van der Waals surface area contributed by atoms with Crippen LogP contribution in [0.15, 0.2) is 68.3 Å². The molecule has 7 nitrogen and oxygen atoms in total. The Morgan fingerprint density at radius 1 is 1.05 bits per heavy atom. The Bertz CT molecular complexity index is 1430. The second-order valence-electron chi connectivity index (χ2n) is 8.95. The van der Waals surface area contributed by atoms with E-state index in [1.165, 1.54) is 23.1 Å². The van der Waals surface area contributed by atoms with Gasteiger partial charge in [0, 0.05) is 22.0 Å². The van der Waals surface area contributed by atoms with Crippen molar-refractivity contribution in [2.45, 2.75) is 58.7 Å². The number of nitrogens with zero attached hydrogens (tertiary/aromatic N) is 4. The summed E-state index contributed by atoms with van der Waals surface area (Å²) in [5.41, 5.74) is 2.37. The molecule has 0 radical (unpaired) electrons. The Balaban J connectivity index is 0.00000216. The Labute approximate surface area is 253 Å². The van der Waals surface area contributed by atoms with Gasteiger partial charge < -0.3 is 10.2 Å². The maximum Gasteiger partial charge on any atom is 0.262 e. The van der Waals surface area contributed by atoms with Crippen molar-refractivity contribution in [3.05, 3.63) is 68.7 Å². The van der Waals surface area contributed by atoms with Crippen LogP contribution in [-0.4, -0.2) is 50.7 Å². The lowest BCUT2D eigenvalue weighted by Gasteiger charge is -2.21. The van der Waals surface area contributed by atoms with Gasteiger partial charge >= 0.3 is 0 Å². The number of anilines is 1. The number of hydrogen-bond acceptors (Lipinski definition) is 7. The summed E-state index contributed by atoms with van der Waals surface area (Å²) in [5, 5.41) is 6.52. The molecule has 214 valence electrons. The van der Waals surface area contributed by atoms with E-state index in [0.717, 1.165) is 54.6 Å². The fraction of sp³-hybridized carbons (Fsp3) is 0.400. The number of carbonyl (C=O) groups excluding carboxylic acids is 1. The number of para-hydroxylation sites is 1. The second kappa shape index (κ2) is 16.7. The number of fused-ring (bicyclic) bond motifs is 1. The van der Waals surface area contributed by atoms with Gasteiger partial charge in [-0.1, -0.05) is 79.7 Å². The largest absolute Gasteiger partial charge is 0.303 e. The molecule has 2 aromatic carbocycles. The highest BCUT2D eigenvalue weighted by molar-refractivity contribution is 9.10. The molecule has 0 bridgehead atoms. The average molecular weight is 645 g/mol. The molecule has 40 heavy (non-hydrogen) atoms. The van der Waals surface area contributed by atoms with Crippen LogP contribution in [0.2, 0.25) is 0 Å². The molecule has 0 fully saturated rings. The standard InChI is InChI=1S/C28H32BrN5O2S2.C2H6/c1-3-13-33(14-4-2)15-8-16-34-26(36)22-11-5-6-12-23(22)31-28(34)38-19-25(35)32-27-30-24(18-37-27)20-9-7-10-21(29)17-20;1-2/h5-7,9-12,17-18H,3-4,8,13-16,19H2,1-2H3,(H,30,32,35);1-2H3. The molecule has 2 heterocycles. The molecule has 0 saturated carbocycles. The van der Waals surface area contributed by atoms with Crippen molar-refractivity contribution in [1.29, 1.82) is 0 Å². The summed E-state index contributed by atoms with van der Waals surface area (Å²) in [6.07, 6.45) is 3.06. The van der Waals surface area contributed by atoms with Gasteiger partial charge in [0.25, 0.3) is 5.56 Å². The Kier molecular flexibility index (Phi) is 13.3. The molecule has 0 unspecified atom stereocenters. The van der Waals surface area contributed by atoms with Crippen LogP contribution in [0, 0.1) is 0 Å². The maximum atomic E-state index is 13.4. The number of benzene rings is 2. The Morgan fingerprint density at radius 2 is 1.80 bits per heavy atom. The zero-order valence-electron chi connectivity index (χ0n) is 23.7. The number of halogens is 1. The third kappa shape index (κ3) is 8.99. The number of aromatic nitrogens is 3. The molecule has 0 saturated heterocycles. The molecule has 4 aromatic rings.